The maximum absolute atomic E-state index is 12.5. The average Bonchev–Trinajstić information content (AvgIpc) is 2.61. The molecule has 0 saturated carbocycles. The summed E-state index contributed by atoms with van der Waals surface area (Å²) < 4.78 is 5.52. The van der Waals surface area contributed by atoms with Crippen molar-refractivity contribution in [2.24, 2.45) is 5.92 Å². The van der Waals surface area contributed by atoms with E-state index in [1.54, 1.807) is 24.1 Å². The Morgan fingerprint density at radius 1 is 1.33 bits per heavy atom. The molecular weight excluding hydrogens is 306 g/mol. The van der Waals surface area contributed by atoms with E-state index in [0.29, 0.717) is 28.3 Å². The summed E-state index contributed by atoms with van der Waals surface area (Å²) in [6.45, 7) is 3.88. The maximum atomic E-state index is 12.5. The largest absolute Gasteiger partial charge is 0.415 e. The highest BCUT2D eigenvalue weighted by Crippen LogP contribution is 2.25. The van der Waals surface area contributed by atoms with Crippen molar-refractivity contribution in [3.05, 3.63) is 30.1 Å². The van der Waals surface area contributed by atoms with Crippen LogP contribution in [0.3, 0.4) is 0 Å². The van der Waals surface area contributed by atoms with Gasteiger partial charge in [0, 0.05) is 32.0 Å². The Morgan fingerprint density at radius 2 is 2.08 bits per heavy atom. The van der Waals surface area contributed by atoms with E-state index in [4.69, 9.17) is 10.00 Å². The molecule has 2 unspecified atom stereocenters. The SMILES string of the molecule is CC1CNCC(N(C)C(=O)Oc2ccc(C#N)c3nccnc23)C1. The second-order valence-electron chi connectivity index (χ2n) is 6.11. The molecule has 1 fully saturated rings. The van der Waals surface area contributed by atoms with Gasteiger partial charge in [0.1, 0.15) is 17.1 Å². The number of benzene rings is 1. The number of nitrogens with zero attached hydrogens (tertiary/aromatic N) is 4. The number of hydrogen-bond donors (Lipinski definition) is 1. The minimum absolute atomic E-state index is 0.0944. The second-order valence-corrected chi connectivity index (χ2v) is 6.11. The third kappa shape index (κ3) is 3.14. The van der Waals surface area contributed by atoms with E-state index in [9.17, 15) is 4.79 Å². The Bertz CT molecular complexity index is 801. The summed E-state index contributed by atoms with van der Waals surface area (Å²) >= 11 is 0. The van der Waals surface area contributed by atoms with Gasteiger partial charge in [0.15, 0.2) is 5.75 Å². The minimum atomic E-state index is -0.437. The van der Waals surface area contributed by atoms with Gasteiger partial charge in [-0.25, -0.2) is 9.78 Å². The summed E-state index contributed by atoms with van der Waals surface area (Å²) in [6, 6.07) is 5.34. The predicted molar refractivity (Wildman–Crippen MR) is 88.5 cm³/mol. The van der Waals surface area contributed by atoms with Crippen molar-refractivity contribution in [1.82, 2.24) is 20.2 Å². The van der Waals surface area contributed by atoms with E-state index in [-0.39, 0.29) is 6.04 Å². The number of amides is 1. The Balaban J connectivity index is 1.82. The van der Waals surface area contributed by atoms with Crippen LogP contribution < -0.4 is 10.1 Å². The fourth-order valence-electron chi connectivity index (χ4n) is 2.94. The molecule has 3 rings (SSSR count). The first kappa shape index (κ1) is 16.1. The molecule has 1 saturated heterocycles. The van der Waals surface area contributed by atoms with Crippen LogP contribution in [0.25, 0.3) is 11.0 Å². The van der Waals surface area contributed by atoms with E-state index in [0.717, 1.165) is 19.5 Å². The lowest BCUT2D eigenvalue weighted by molar-refractivity contribution is 0.129. The highest BCUT2D eigenvalue weighted by molar-refractivity contribution is 5.88. The standard InChI is InChI=1S/C17H19N5O2/c1-11-7-13(10-19-9-11)22(2)17(23)24-14-4-3-12(8-18)15-16(14)21-6-5-20-15/h3-6,11,13,19H,7,9-10H2,1-2H3. The molecule has 0 aliphatic carbocycles. The molecule has 1 amide bonds. The highest BCUT2D eigenvalue weighted by Gasteiger charge is 2.27. The van der Waals surface area contributed by atoms with Crippen LogP contribution in [0.15, 0.2) is 24.5 Å². The van der Waals surface area contributed by atoms with Crippen LogP contribution in [0.2, 0.25) is 0 Å². The van der Waals surface area contributed by atoms with Crippen molar-refractivity contribution in [1.29, 1.82) is 5.26 Å². The number of carbonyl (C=O) groups is 1. The molecule has 0 spiro atoms. The zero-order chi connectivity index (χ0) is 17.1. The molecule has 1 N–H and O–H groups in total. The van der Waals surface area contributed by atoms with E-state index in [1.807, 2.05) is 0 Å². The molecular formula is C17H19N5O2. The number of ether oxygens (including phenoxy) is 1. The van der Waals surface area contributed by atoms with Crippen LogP contribution >= 0.6 is 0 Å². The topological polar surface area (TPSA) is 91.1 Å². The molecule has 2 atom stereocenters. The van der Waals surface area contributed by atoms with Crippen molar-refractivity contribution in [2.75, 3.05) is 20.1 Å². The lowest BCUT2D eigenvalue weighted by Gasteiger charge is -2.33. The summed E-state index contributed by atoms with van der Waals surface area (Å²) in [4.78, 5) is 22.5. The van der Waals surface area contributed by atoms with Crippen LogP contribution in [-0.2, 0) is 0 Å². The van der Waals surface area contributed by atoms with E-state index in [2.05, 4.69) is 28.3 Å². The summed E-state index contributed by atoms with van der Waals surface area (Å²) in [5.74, 6) is 0.825. The van der Waals surface area contributed by atoms with Crippen molar-refractivity contribution in [2.45, 2.75) is 19.4 Å². The number of piperidine rings is 1. The molecule has 2 heterocycles. The first-order valence-corrected chi connectivity index (χ1v) is 7.89. The quantitative estimate of drug-likeness (QED) is 0.907. The summed E-state index contributed by atoms with van der Waals surface area (Å²) in [7, 11) is 1.74. The van der Waals surface area contributed by atoms with Gasteiger partial charge in [-0.1, -0.05) is 6.92 Å². The normalized spacial score (nSPS) is 20.4. The summed E-state index contributed by atoms with van der Waals surface area (Å²) in [5, 5.41) is 12.5. The fraction of sp³-hybridized carbons (Fsp3) is 0.412. The summed E-state index contributed by atoms with van der Waals surface area (Å²) in [5.41, 5.74) is 1.24. The second kappa shape index (κ2) is 6.81. The van der Waals surface area contributed by atoms with Gasteiger partial charge in [0.05, 0.1) is 5.56 Å². The Morgan fingerprint density at radius 3 is 2.79 bits per heavy atom. The third-order valence-corrected chi connectivity index (χ3v) is 4.29. The predicted octanol–water partition coefficient (Wildman–Crippen LogP) is 1.93. The Hall–Kier alpha value is -2.72. The first-order chi connectivity index (χ1) is 11.6. The zero-order valence-electron chi connectivity index (χ0n) is 13.7. The minimum Gasteiger partial charge on any atom is -0.408 e. The first-order valence-electron chi connectivity index (χ1n) is 7.89. The summed E-state index contributed by atoms with van der Waals surface area (Å²) in [6.07, 6.45) is 3.52. The van der Waals surface area contributed by atoms with E-state index < -0.39 is 6.09 Å². The van der Waals surface area contributed by atoms with Gasteiger partial charge >= 0.3 is 6.09 Å². The number of fused-ring (bicyclic) bond motifs is 1. The van der Waals surface area contributed by atoms with Gasteiger partial charge in [0.25, 0.3) is 0 Å². The lowest BCUT2D eigenvalue weighted by Crippen LogP contribution is -2.49. The van der Waals surface area contributed by atoms with Crippen molar-refractivity contribution < 1.29 is 9.53 Å². The van der Waals surface area contributed by atoms with Crippen LogP contribution in [0.4, 0.5) is 4.79 Å². The van der Waals surface area contributed by atoms with Gasteiger partial charge < -0.3 is 15.0 Å². The number of nitrogens with one attached hydrogen (secondary N) is 1. The number of hydrogen-bond acceptors (Lipinski definition) is 6. The molecule has 1 aromatic carbocycles. The molecule has 0 radical (unpaired) electrons. The molecule has 1 aliphatic heterocycles. The van der Waals surface area contributed by atoms with Crippen LogP contribution in [-0.4, -0.2) is 47.1 Å². The lowest BCUT2D eigenvalue weighted by atomic mass is 9.97. The zero-order valence-corrected chi connectivity index (χ0v) is 13.7. The van der Waals surface area contributed by atoms with E-state index in [1.165, 1.54) is 12.4 Å². The average molecular weight is 325 g/mol. The number of carbonyl (C=O) groups excluding carboxylic acids is 1. The Labute approximate surface area is 140 Å². The number of nitriles is 1. The highest BCUT2D eigenvalue weighted by atomic mass is 16.6. The maximum Gasteiger partial charge on any atom is 0.415 e. The van der Waals surface area contributed by atoms with Crippen LogP contribution in [0.5, 0.6) is 5.75 Å². The molecule has 7 heteroatoms. The number of likely N-dealkylation sites (N-methyl/N-ethyl adjacent to an activating group) is 1. The molecule has 7 nitrogen and oxygen atoms in total. The molecule has 1 aromatic heterocycles. The van der Waals surface area contributed by atoms with Gasteiger partial charge in [0.2, 0.25) is 0 Å². The van der Waals surface area contributed by atoms with Crippen molar-refractivity contribution in [3.63, 3.8) is 0 Å². The van der Waals surface area contributed by atoms with Crippen molar-refractivity contribution in [3.8, 4) is 11.8 Å². The Kier molecular flexibility index (Phi) is 4.58. The number of rotatable bonds is 2. The molecule has 24 heavy (non-hydrogen) atoms. The number of aromatic nitrogens is 2. The molecule has 0 bridgehead atoms. The van der Waals surface area contributed by atoms with E-state index >= 15 is 0 Å². The van der Waals surface area contributed by atoms with Crippen molar-refractivity contribution >= 4 is 17.1 Å². The van der Waals surface area contributed by atoms with Gasteiger partial charge in [-0.15, -0.1) is 0 Å². The van der Waals surface area contributed by atoms with Crippen LogP contribution in [0.1, 0.15) is 18.9 Å². The van der Waals surface area contributed by atoms with Gasteiger partial charge in [-0.3, -0.25) is 4.98 Å². The molecule has 2 aromatic rings. The third-order valence-electron chi connectivity index (χ3n) is 4.29. The monoisotopic (exact) mass is 325 g/mol. The van der Waals surface area contributed by atoms with Gasteiger partial charge in [-0.05, 0) is 31.0 Å². The fourth-order valence-corrected chi connectivity index (χ4v) is 2.94. The molecule has 124 valence electrons. The smallest absolute Gasteiger partial charge is 0.408 e. The van der Waals surface area contributed by atoms with Gasteiger partial charge in [-0.2, -0.15) is 5.26 Å². The molecule has 1 aliphatic rings. The van der Waals surface area contributed by atoms with Crippen LogP contribution in [0, 0.1) is 17.2 Å².